The maximum atomic E-state index is 9.82. The average Bonchev–Trinajstić information content (AvgIpc) is 2.20. The van der Waals surface area contributed by atoms with E-state index < -0.39 is 0 Å². The molecule has 4 N–H and O–H groups in total. The zero-order valence-electron chi connectivity index (χ0n) is 8.57. The van der Waals surface area contributed by atoms with Crippen LogP contribution in [0.5, 0.6) is 0 Å². The van der Waals surface area contributed by atoms with Gasteiger partial charge >= 0.3 is 0 Å². The van der Waals surface area contributed by atoms with Crippen LogP contribution in [0.25, 0.3) is 0 Å². The molecular formula is C11H18N2O. The second-order valence-corrected chi connectivity index (χ2v) is 2.91. The average molecular weight is 194 g/mol. The summed E-state index contributed by atoms with van der Waals surface area (Å²) < 4.78 is 0. The Morgan fingerprint density at radius 1 is 1.29 bits per heavy atom. The quantitative estimate of drug-likeness (QED) is 0.764. The predicted molar refractivity (Wildman–Crippen MR) is 58.4 cm³/mol. The van der Waals surface area contributed by atoms with Gasteiger partial charge in [0.1, 0.15) is 0 Å². The molecule has 1 aromatic carbocycles. The number of nitrogens with two attached hydrogens (primary N) is 2. The minimum Gasteiger partial charge on any atom is -0.370 e. The third-order valence-corrected chi connectivity index (χ3v) is 1.57. The lowest BCUT2D eigenvalue weighted by molar-refractivity contribution is -0.118. The van der Waals surface area contributed by atoms with Gasteiger partial charge in [0.25, 0.3) is 0 Å². The monoisotopic (exact) mass is 194 g/mol. The summed E-state index contributed by atoms with van der Waals surface area (Å²) >= 11 is 0. The van der Waals surface area contributed by atoms with Gasteiger partial charge in [-0.15, -0.1) is 0 Å². The van der Waals surface area contributed by atoms with Gasteiger partial charge < -0.3 is 11.5 Å². The maximum absolute atomic E-state index is 9.82. The van der Waals surface area contributed by atoms with E-state index in [2.05, 4.69) is 0 Å². The summed E-state index contributed by atoms with van der Waals surface area (Å²) in [5, 5.41) is 0. The van der Waals surface area contributed by atoms with Crippen molar-refractivity contribution >= 4 is 5.91 Å². The Morgan fingerprint density at radius 2 is 1.86 bits per heavy atom. The molecule has 1 aromatic rings. The van der Waals surface area contributed by atoms with Gasteiger partial charge in [-0.25, -0.2) is 0 Å². The minimum atomic E-state index is -0.211. The molecule has 14 heavy (non-hydrogen) atoms. The first-order chi connectivity index (χ1) is 6.70. The van der Waals surface area contributed by atoms with Crippen LogP contribution in [0.2, 0.25) is 0 Å². The van der Waals surface area contributed by atoms with Crippen LogP contribution in [-0.4, -0.2) is 5.91 Å². The van der Waals surface area contributed by atoms with Crippen molar-refractivity contribution in [3.63, 3.8) is 0 Å². The highest BCUT2D eigenvalue weighted by molar-refractivity contribution is 5.73. The van der Waals surface area contributed by atoms with E-state index in [4.69, 9.17) is 11.5 Å². The smallest absolute Gasteiger partial charge is 0.217 e. The van der Waals surface area contributed by atoms with Crippen LogP contribution in [0, 0.1) is 0 Å². The summed E-state index contributed by atoms with van der Waals surface area (Å²) in [6.07, 6.45) is 1.37. The second kappa shape index (κ2) is 8.26. The summed E-state index contributed by atoms with van der Waals surface area (Å²) in [6, 6.07) is 9.99. The Kier molecular flexibility index (Phi) is 7.46. The summed E-state index contributed by atoms with van der Waals surface area (Å²) in [7, 11) is 0. The third kappa shape index (κ3) is 7.31. The van der Waals surface area contributed by atoms with Crippen molar-refractivity contribution in [2.45, 2.75) is 26.3 Å². The fraction of sp³-hybridized carbons (Fsp3) is 0.364. The van der Waals surface area contributed by atoms with Crippen LogP contribution in [0.4, 0.5) is 0 Å². The Bertz CT molecular complexity index is 247. The highest BCUT2D eigenvalue weighted by atomic mass is 16.1. The van der Waals surface area contributed by atoms with Gasteiger partial charge in [-0.05, 0) is 12.0 Å². The van der Waals surface area contributed by atoms with Gasteiger partial charge in [0.15, 0.2) is 0 Å². The van der Waals surface area contributed by atoms with Crippen molar-refractivity contribution < 1.29 is 4.79 Å². The molecule has 1 rings (SSSR count). The molecule has 1 amide bonds. The van der Waals surface area contributed by atoms with E-state index in [-0.39, 0.29) is 5.91 Å². The lowest BCUT2D eigenvalue weighted by Crippen LogP contribution is -2.08. The highest BCUT2D eigenvalue weighted by Crippen LogP contribution is 1.94. The zero-order valence-corrected chi connectivity index (χ0v) is 8.57. The normalized spacial score (nSPS) is 8.71. The van der Waals surface area contributed by atoms with Crippen molar-refractivity contribution in [3.05, 3.63) is 35.9 Å². The van der Waals surface area contributed by atoms with Crippen LogP contribution >= 0.6 is 0 Å². The first-order valence-electron chi connectivity index (χ1n) is 4.73. The molecule has 0 spiro atoms. The highest BCUT2D eigenvalue weighted by Gasteiger charge is 1.84. The minimum absolute atomic E-state index is 0.211. The van der Waals surface area contributed by atoms with Gasteiger partial charge in [0.2, 0.25) is 5.91 Å². The number of carbonyl (C=O) groups excluding carboxylic acids is 1. The third-order valence-electron chi connectivity index (χ3n) is 1.57. The molecule has 0 atom stereocenters. The summed E-state index contributed by atoms with van der Waals surface area (Å²) in [4.78, 5) is 9.82. The van der Waals surface area contributed by atoms with E-state index in [1.807, 2.05) is 37.3 Å². The Balaban J connectivity index is 0.000000255. The molecule has 0 aliphatic carbocycles. The molecule has 0 unspecified atom stereocenters. The topological polar surface area (TPSA) is 69.1 Å². The fourth-order valence-corrected chi connectivity index (χ4v) is 0.860. The van der Waals surface area contributed by atoms with Gasteiger partial charge in [-0.3, -0.25) is 4.79 Å². The zero-order chi connectivity index (χ0) is 10.8. The molecule has 0 heterocycles. The van der Waals surface area contributed by atoms with Gasteiger partial charge in [0, 0.05) is 13.0 Å². The molecule has 3 heteroatoms. The summed E-state index contributed by atoms with van der Waals surface area (Å²) in [6.45, 7) is 2.56. The van der Waals surface area contributed by atoms with Crippen molar-refractivity contribution in [1.82, 2.24) is 0 Å². The lowest BCUT2D eigenvalue weighted by atomic mass is 10.2. The number of rotatable bonds is 3. The van der Waals surface area contributed by atoms with E-state index >= 15 is 0 Å². The molecule has 0 fully saturated rings. The number of carbonyl (C=O) groups is 1. The van der Waals surface area contributed by atoms with E-state index in [1.165, 1.54) is 5.56 Å². The van der Waals surface area contributed by atoms with Gasteiger partial charge in [0.05, 0.1) is 0 Å². The number of hydrogen-bond acceptors (Lipinski definition) is 2. The molecule has 0 aliphatic rings. The molecule has 0 bridgehead atoms. The molecule has 3 nitrogen and oxygen atoms in total. The summed E-state index contributed by atoms with van der Waals surface area (Å²) in [5.74, 6) is -0.211. The number of hydrogen-bond donors (Lipinski definition) is 2. The Hall–Kier alpha value is -1.35. The van der Waals surface area contributed by atoms with E-state index in [0.717, 1.165) is 6.42 Å². The Labute approximate surface area is 85.1 Å². The van der Waals surface area contributed by atoms with Gasteiger partial charge in [-0.1, -0.05) is 37.3 Å². The van der Waals surface area contributed by atoms with Crippen LogP contribution in [0.1, 0.15) is 25.3 Å². The van der Waals surface area contributed by atoms with Gasteiger partial charge in [-0.2, -0.15) is 0 Å². The van der Waals surface area contributed by atoms with Crippen LogP contribution in [-0.2, 0) is 11.3 Å². The van der Waals surface area contributed by atoms with E-state index in [0.29, 0.717) is 13.0 Å². The predicted octanol–water partition coefficient (Wildman–Crippen LogP) is 1.42. The van der Waals surface area contributed by atoms with E-state index in [1.54, 1.807) is 0 Å². The largest absolute Gasteiger partial charge is 0.370 e. The SMILES string of the molecule is CCCC(N)=O.NCc1ccccc1. The second-order valence-electron chi connectivity index (χ2n) is 2.91. The molecule has 0 radical (unpaired) electrons. The van der Waals surface area contributed by atoms with Crippen molar-refractivity contribution in [3.8, 4) is 0 Å². The van der Waals surface area contributed by atoms with Crippen molar-refractivity contribution in [1.29, 1.82) is 0 Å². The number of amides is 1. The first-order valence-corrected chi connectivity index (χ1v) is 4.73. The van der Waals surface area contributed by atoms with Crippen LogP contribution in [0.15, 0.2) is 30.3 Å². The molecular weight excluding hydrogens is 176 g/mol. The molecule has 0 aliphatic heterocycles. The molecule has 78 valence electrons. The first kappa shape index (κ1) is 12.7. The number of benzene rings is 1. The van der Waals surface area contributed by atoms with Crippen molar-refractivity contribution in [2.24, 2.45) is 11.5 Å². The Morgan fingerprint density at radius 3 is 2.07 bits per heavy atom. The van der Waals surface area contributed by atoms with Crippen LogP contribution < -0.4 is 11.5 Å². The maximum Gasteiger partial charge on any atom is 0.217 e. The number of primary amides is 1. The van der Waals surface area contributed by atoms with E-state index in [9.17, 15) is 4.79 Å². The molecule has 0 saturated carbocycles. The van der Waals surface area contributed by atoms with Crippen molar-refractivity contribution in [2.75, 3.05) is 0 Å². The molecule has 0 saturated heterocycles. The van der Waals surface area contributed by atoms with Crippen LogP contribution in [0.3, 0.4) is 0 Å². The fourth-order valence-electron chi connectivity index (χ4n) is 0.860. The summed E-state index contributed by atoms with van der Waals surface area (Å²) in [5.41, 5.74) is 11.3. The molecule has 0 aromatic heterocycles. The lowest BCUT2D eigenvalue weighted by Gasteiger charge is -1.90. The standard InChI is InChI=1S/C7H9N.C4H9NO/c8-6-7-4-2-1-3-5-7;1-2-3-4(5)6/h1-5H,6,8H2;2-3H2,1H3,(H2,5,6).